The van der Waals surface area contributed by atoms with Gasteiger partial charge in [0.25, 0.3) is 0 Å². The summed E-state index contributed by atoms with van der Waals surface area (Å²) in [5, 5.41) is 21.6. The van der Waals surface area contributed by atoms with E-state index in [1.54, 1.807) is 5.57 Å². The molecule has 2 unspecified atom stereocenters. The molecule has 168 valence electrons. The molecule has 0 aromatic heterocycles. The van der Waals surface area contributed by atoms with E-state index in [-0.39, 0.29) is 23.0 Å². The van der Waals surface area contributed by atoms with E-state index in [4.69, 9.17) is 4.99 Å². The molecule has 3 fully saturated rings. The predicted octanol–water partition coefficient (Wildman–Crippen LogP) is 5.40. The molecule has 10 atom stereocenters. The van der Waals surface area contributed by atoms with Crippen LogP contribution in [0.2, 0.25) is 0 Å². The van der Waals surface area contributed by atoms with Crippen LogP contribution < -0.4 is 0 Å². The summed E-state index contributed by atoms with van der Waals surface area (Å²) in [5.74, 6) is 3.55. The third kappa shape index (κ3) is 3.09. The molecule has 5 rings (SSSR count). The highest BCUT2D eigenvalue weighted by Crippen LogP contribution is 2.67. The van der Waals surface area contributed by atoms with E-state index in [0.717, 1.165) is 51.0 Å². The van der Waals surface area contributed by atoms with Crippen LogP contribution in [0.1, 0.15) is 85.5 Å². The second-order valence-electron chi connectivity index (χ2n) is 12.3. The van der Waals surface area contributed by atoms with Crippen molar-refractivity contribution in [2.45, 2.75) is 97.7 Å². The standard InChI is InChI=1S/C27H43NO2/c1-16-5-8-23(28-15-16)17(2)25-24(30)14-22-20-7-6-18-13-19(29)9-11-26(18,3)21(20)10-12-27(22,25)4/h6,16-17,19-22,24-25,29-30H,5,7-15H2,1-4H3/t16-,17?,19-,20+,21-,22-,24+,25?,26-,27-/m0/s1. The first-order valence-electron chi connectivity index (χ1n) is 12.8. The van der Waals surface area contributed by atoms with E-state index >= 15 is 0 Å². The van der Waals surface area contributed by atoms with Gasteiger partial charge in [-0.25, -0.2) is 0 Å². The van der Waals surface area contributed by atoms with Crippen molar-refractivity contribution >= 4 is 5.71 Å². The van der Waals surface area contributed by atoms with Crippen LogP contribution in [0.15, 0.2) is 16.6 Å². The summed E-state index contributed by atoms with van der Waals surface area (Å²) in [6.45, 7) is 10.7. The van der Waals surface area contributed by atoms with Crippen LogP contribution in [0.4, 0.5) is 0 Å². The second kappa shape index (κ2) is 7.44. The minimum atomic E-state index is -0.179. The van der Waals surface area contributed by atoms with Gasteiger partial charge in [-0.1, -0.05) is 39.3 Å². The summed E-state index contributed by atoms with van der Waals surface area (Å²) in [6.07, 6.45) is 12.3. The average Bonchev–Trinajstić information content (AvgIpc) is 2.98. The van der Waals surface area contributed by atoms with Gasteiger partial charge >= 0.3 is 0 Å². The van der Waals surface area contributed by atoms with Crippen LogP contribution in [0.5, 0.6) is 0 Å². The molecule has 0 saturated heterocycles. The fourth-order valence-corrected chi connectivity index (χ4v) is 9.01. The Kier molecular flexibility index (Phi) is 5.26. The molecule has 3 nitrogen and oxygen atoms in total. The Bertz CT molecular complexity index is 743. The molecule has 0 radical (unpaired) electrons. The highest BCUT2D eigenvalue weighted by atomic mass is 16.3. The number of fused-ring (bicyclic) bond motifs is 5. The molecule has 3 heteroatoms. The number of aliphatic imine (C=N–C) groups is 1. The van der Waals surface area contributed by atoms with Crippen LogP contribution in [0, 0.1) is 46.3 Å². The molecule has 1 aliphatic heterocycles. The van der Waals surface area contributed by atoms with Crippen molar-refractivity contribution in [3.8, 4) is 0 Å². The van der Waals surface area contributed by atoms with Gasteiger partial charge in [0.05, 0.1) is 12.2 Å². The van der Waals surface area contributed by atoms with Gasteiger partial charge in [-0.2, -0.15) is 0 Å². The van der Waals surface area contributed by atoms with Crippen molar-refractivity contribution < 1.29 is 10.2 Å². The molecule has 0 aromatic rings. The lowest BCUT2D eigenvalue weighted by atomic mass is 9.47. The van der Waals surface area contributed by atoms with E-state index < -0.39 is 0 Å². The van der Waals surface area contributed by atoms with Gasteiger partial charge in [-0.05, 0) is 104 Å². The number of allylic oxidation sites excluding steroid dienone is 1. The number of nitrogens with zero attached hydrogens (tertiary/aromatic N) is 1. The summed E-state index contributed by atoms with van der Waals surface area (Å²) >= 11 is 0. The Morgan fingerprint density at radius 1 is 1.10 bits per heavy atom. The maximum atomic E-state index is 11.4. The lowest BCUT2D eigenvalue weighted by molar-refractivity contribution is -0.0564. The Balaban J connectivity index is 1.42. The smallest absolute Gasteiger partial charge is 0.0582 e. The summed E-state index contributed by atoms with van der Waals surface area (Å²) in [5.41, 5.74) is 3.45. The van der Waals surface area contributed by atoms with E-state index in [1.165, 1.54) is 25.0 Å². The molecule has 0 amide bonds. The SMILES string of the molecule is CC(C1=NC[C@@H](C)CC1)C1[C@H](O)C[C@H]2[C@@H]3CC=C4C[C@@H](O)CC[C@]4(C)[C@H]3CC[C@]12C. The highest BCUT2D eigenvalue weighted by Gasteiger charge is 2.62. The minimum absolute atomic E-state index is 0.132. The fraction of sp³-hybridized carbons (Fsp3) is 0.889. The van der Waals surface area contributed by atoms with Crippen molar-refractivity contribution in [2.75, 3.05) is 6.54 Å². The average molecular weight is 414 g/mol. The number of hydrogen-bond donors (Lipinski definition) is 2. The number of aliphatic hydroxyl groups is 2. The van der Waals surface area contributed by atoms with Crippen LogP contribution in [-0.2, 0) is 0 Å². The third-order valence-electron chi connectivity index (χ3n) is 10.8. The normalized spacial score (nSPS) is 51.9. The first kappa shape index (κ1) is 21.2. The van der Waals surface area contributed by atoms with Crippen LogP contribution >= 0.6 is 0 Å². The maximum absolute atomic E-state index is 11.4. The van der Waals surface area contributed by atoms with Gasteiger partial charge in [0.2, 0.25) is 0 Å². The number of hydrogen-bond acceptors (Lipinski definition) is 3. The molecule has 0 bridgehead atoms. The van der Waals surface area contributed by atoms with Gasteiger partial charge < -0.3 is 10.2 Å². The summed E-state index contributed by atoms with van der Waals surface area (Å²) in [4.78, 5) is 4.98. The van der Waals surface area contributed by atoms with E-state index in [1.807, 2.05) is 0 Å². The molecule has 0 spiro atoms. The fourth-order valence-electron chi connectivity index (χ4n) is 9.01. The Labute approximate surface area is 183 Å². The zero-order valence-corrected chi connectivity index (χ0v) is 19.6. The van der Waals surface area contributed by atoms with Crippen molar-refractivity contribution in [1.29, 1.82) is 0 Å². The van der Waals surface area contributed by atoms with Crippen molar-refractivity contribution in [2.24, 2.45) is 51.3 Å². The van der Waals surface area contributed by atoms with E-state index in [2.05, 4.69) is 33.8 Å². The summed E-state index contributed by atoms with van der Waals surface area (Å²) in [6, 6.07) is 0. The largest absolute Gasteiger partial charge is 0.393 e. The number of rotatable bonds is 2. The van der Waals surface area contributed by atoms with Gasteiger partial charge in [-0.3, -0.25) is 4.99 Å². The number of aliphatic hydroxyl groups excluding tert-OH is 2. The Hall–Kier alpha value is -0.670. The lowest BCUT2D eigenvalue weighted by Gasteiger charge is -2.58. The Morgan fingerprint density at radius 2 is 1.90 bits per heavy atom. The Morgan fingerprint density at radius 3 is 2.63 bits per heavy atom. The predicted molar refractivity (Wildman–Crippen MR) is 122 cm³/mol. The van der Waals surface area contributed by atoms with E-state index in [0.29, 0.717) is 29.6 Å². The van der Waals surface area contributed by atoms with Gasteiger partial charge in [0.15, 0.2) is 0 Å². The minimum Gasteiger partial charge on any atom is -0.393 e. The molecule has 0 aromatic carbocycles. The van der Waals surface area contributed by atoms with Gasteiger partial charge in [0.1, 0.15) is 0 Å². The first-order valence-corrected chi connectivity index (χ1v) is 12.8. The van der Waals surface area contributed by atoms with Crippen molar-refractivity contribution in [3.05, 3.63) is 11.6 Å². The monoisotopic (exact) mass is 413 g/mol. The van der Waals surface area contributed by atoms with Crippen LogP contribution in [0.3, 0.4) is 0 Å². The molecule has 5 aliphatic rings. The zero-order chi connectivity index (χ0) is 21.3. The lowest BCUT2D eigenvalue weighted by Crippen LogP contribution is -2.51. The van der Waals surface area contributed by atoms with Crippen LogP contribution in [-0.4, -0.2) is 34.7 Å². The highest BCUT2D eigenvalue weighted by molar-refractivity contribution is 5.87. The summed E-state index contributed by atoms with van der Waals surface area (Å²) in [7, 11) is 0. The maximum Gasteiger partial charge on any atom is 0.0582 e. The van der Waals surface area contributed by atoms with Crippen molar-refractivity contribution in [1.82, 2.24) is 0 Å². The topological polar surface area (TPSA) is 52.8 Å². The molecule has 2 N–H and O–H groups in total. The molecular weight excluding hydrogens is 370 g/mol. The molecule has 4 aliphatic carbocycles. The van der Waals surface area contributed by atoms with E-state index in [9.17, 15) is 10.2 Å². The zero-order valence-electron chi connectivity index (χ0n) is 19.6. The van der Waals surface area contributed by atoms with Gasteiger partial charge in [-0.15, -0.1) is 0 Å². The first-order chi connectivity index (χ1) is 14.2. The molecular formula is C27H43NO2. The molecule has 3 saturated carbocycles. The third-order valence-corrected chi connectivity index (χ3v) is 10.8. The van der Waals surface area contributed by atoms with Crippen LogP contribution in [0.25, 0.3) is 0 Å². The van der Waals surface area contributed by atoms with Crippen molar-refractivity contribution in [3.63, 3.8) is 0 Å². The molecule has 1 heterocycles. The second-order valence-corrected chi connectivity index (χ2v) is 12.3. The molecule has 30 heavy (non-hydrogen) atoms. The summed E-state index contributed by atoms with van der Waals surface area (Å²) < 4.78 is 0. The van der Waals surface area contributed by atoms with Gasteiger partial charge in [0, 0.05) is 12.3 Å². The quantitative estimate of drug-likeness (QED) is 0.595.